The Morgan fingerprint density at radius 1 is 1.35 bits per heavy atom. The van der Waals surface area contributed by atoms with Crippen molar-refractivity contribution in [2.24, 2.45) is 5.73 Å². The van der Waals surface area contributed by atoms with Crippen molar-refractivity contribution in [2.75, 3.05) is 11.1 Å². The average Bonchev–Trinajstić information content (AvgIpc) is 2.73. The number of carbonyl (C=O) groups excluding carboxylic acids is 1. The zero-order valence-corrected chi connectivity index (χ0v) is 18.3. The number of anilines is 1. The molecule has 1 aromatic heterocycles. The van der Waals surface area contributed by atoms with Crippen molar-refractivity contribution in [3.8, 4) is 6.07 Å². The van der Waals surface area contributed by atoms with Crippen LogP contribution in [-0.2, 0) is 16.3 Å². The van der Waals surface area contributed by atoms with Crippen molar-refractivity contribution < 1.29 is 13.2 Å². The zero-order valence-electron chi connectivity index (χ0n) is 17.5. The Bertz CT molecular complexity index is 1160. The summed E-state index contributed by atoms with van der Waals surface area (Å²) in [6.45, 7) is 2.91. The van der Waals surface area contributed by atoms with E-state index in [4.69, 9.17) is 16.4 Å². The molecule has 0 bridgehead atoms. The van der Waals surface area contributed by atoms with Crippen LogP contribution in [0.4, 0.5) is 5.69 Å². The number of benzene rings is 1. The van der Waals surface area contributed by atoms with Crippen LogP contribution in [0.2, 0.25) is 0 Å². The molecule has 31 heavy (non-hydrogen) atoms. The van der Waals surface area contributed by atoms with Crippen LogP contribution in [-0.4, -0.2) is 35.6 Å². The number of rotatable bonds is 6. The number of amidine groups is 1. The fourth-order valence-corrected chi connectivity index (χ4v) is 5.21. The first-order chi connectivity index (χ1) is 14.5. The lowest BCUT2D eigenvalue weighted by Crippen LogP contribution is -2.46. The van der Waals surface area contributed by atoms with Crippen LogP contribution in [0.3, 0.4) is 0 Å². The standard InChI is InChI=1S/C22H25N5O3S/c1-22(2,21(24)25)31(29,30)13-16-5-3-4-15-7-8-17(10-18(15)16)27-20(28)19-9-6-14(11-23)12-26-19/h6-10,12,16H,3-5,13H2,1-2H3,(H3,24,25)(H,27,28). The number of hydrogen-bond donors (Lipinski definition) is 3. The molecule has 4 N–H and O–H groups in total. The molecule has 9 heteroatoms. The largest absolute Gasteiger partial charge is 0.386 e. The van der Waals surface area contributed by atoms with Crippen molar-refractivity contribution in [1.29, 1.82) is 10.7 Å². The molecule has 0 aliphatic heterocycles. The van der Waals surface area contributed by atoms with E-state index in [2.05, 4.69) is 10.3 Å². The molecule has 1 heterocycles. The molecular formula is C22H25N5O3S. The monoisotopic (exact) mass is 439 g/mol. The minimum Gasteiger partial charge on any atom is -0.386 e. The highest BCUT2D eigenvalue weighted by molar-refractivity contribution is 7.93. The summed E-state index contributed by atoms with van der Waals surface area (Å²) < 4.78 is 24.5. The number of pyridine rings is 1. The summed E-state index contributed by atoms with van der Waals surface area (Å²) in [5.41, 5.74) is 8.58. The number of nitrogens with two attached hydrogens (primary N) is 1. The summed E-state index contributed by atoms with van der Waals surface area (Å²) in [6.07, 6.45) is 3.75. The third-order valence-corrected chi connectivity index (χ3v) is 8.43. The molecule has 1 atom stereocenters. The lowest BCUT2D eigenvalue weighted by atomic mass is 9.83. The average molecular weight is 440 g/mol. The maximum Gasteiger partial charge on any atom is 0.274 e. The molecule has 0 radical (unpaired) electrons. The molecule has 0 saturated heterocycles. The molecule has 2 aromatic rings. The maximum atomic E-state index is 13.0. The summed E-state index contributed by atoms with van der Waals surface area (Å²) >= 11 is 0. The smallest absolute Gasteiger partial charge is 0.274 e. The highest BCUT2D eigenvalue weighted by Gasteiger charge is 2.40. The first kappa shape index (κ1) is 22.4. The van der Waals surface area contributed by atoms with E-state index in [0.717, 1.165) is 24.0 Å². The zero-order chi connectivity index (χ0) is 22.8. The minimum absolute atomic E-state index is 0.110. The van der Waals surface area contributed by atoms with E-state index in [1.165, 1.54) is 32.2 Å². The Hall–Kier alpha value is -3.25. The van der Waals surface area contributed by atoms with E-state index in [1.807, 2.05) is 18.2 Å². The highest BCUT2D eigenvalue weighted by atomic mass is 32.2. The number of hydrogen-bond acceptors (Lipinski definition) is 6. The van der Waals surface area contributed by atoms with Gasteiger partial charge in [-0.2, -0.15) is 5.26 Å². The number of carbonyl (C=O) groups is 1. The summed E-state index contributed by atoms with van der Waals surface area (Å²) in [7, 11) is -3.66. The second-order valence-corrected chi connectivity index (χ2v) is 10.8. The maximum absolute atomic E-state index is 13.0. The fourth-order valence-electron chi connectivity index (χ4n) is 3.58. The van der Waals surface area contributed by atoms with E-state index >= 15 is 0 Å². The Balaban J connectivity index is 1.84. The van der Waals surface area contributed by atoms with E-state index in [9.17, 15) is 13.2 Å². The number of aromatic nitrogens is 1. The van der Waals surface area contributed by atoms with Gasteiger partial charge in [-0.25, -0.2) is 13.4 Å². The van der Waals surface area contributed by atoms with Crippen LogP contribution in [0, 0.1) is 16.7 Å². The number of sulfone groups is 1. The second kappa shape index (κ2) is 8.47. The fraction of sp³-hybridized carbons (Fsp3) is 0.364. The van der Waals surface area contributed by atoms with Crippen LogP contribution >= 0.6 is 0 Å². The second-order valence-electron chi connectivity index (χ2n) is 8.21. The van der Waals surface area contributed by atoms with Gasteiger partial charge in [0, 0.05) is 11.9 Å². The van der Waals surface area contributed by atoms with Gasteiger partial charge < -0.3 is 11.1 Å². The van der Waals surface area contributed by atoms with Crippen LogP contribution < -0.4 is 11.1 Å². The van der Waals surface area contributed by atoms with Gasteiger partial charge in [-0.15, -0.1) is 0 Å². The van der Waals surface area contributed by atoms with Crippen LogP contribution in [0.15, 0.2) is 36.5 Å². The van der Waals surface area contributed by atoms with Crippen molar-refractivity contribution in [1.82, 2.24) is 4.98 Å². The van der Waals surface area contributed by atoms with Gasteiger partial charge in [0.05, 0.1) is 11.3 Å². The van der Waals surface area contributed by atoms with Gasteiger partial charge in [-0.3, -0.25) is 10.2 Å². The summed E-state index contributed by atoms with van der Waals surface area (Å²) in [5, 5.41) is 19.3. The summed E-state index contributed by atoms with van der Waals surface area (Å²) in [6, 6.07) is 10.5. The van der Waals surface area contributed by atoms with Crippen molar-refractivity contribution in [3.05, 3.63) is 58.9 Å². The normalized spacial score (nSPS) is 16.1. The molecule has 1 amide bonds. The first-order valence-electron chi connectivity index (χ1n) is 9.92. The molecule has 0 spiro atoms. The Morgan fingerprint density at radius 3 is 2.71 bits per heavy atom. The number of aryl methyl sites for hydroxylation is 1. The number of nitrogens with one attached hydrogen (secondary N) is 2. The highest BCUT2D eigenvalue weighted by Crippen LogP contribution is 2.36. The van der Waals surface area contributed by atoms with Gasteiger partial charge in [-0.05, 0) is 74.4 Å². The van der Waals surface area contributed by atoms with Crippen molar-refractivity contribution in [2.45, 2.75) is 43.8 Å². The predicted octanol–water partition coefficient (Wildman–Crippen LogP) is 2.75. The molecule has 1 unspecified atom stereocenters. The Labute approximate surface area is 181 Å². The molecule has 0 fully saturated rings. The quantitative estimate of drug-likeness (QED) is 0.465. The van der Waals surface area contributed by atoms with Gasteiger partial charge in [0.15, 0.2) is 9.84 Å². The molecule has 1 aliphatic carbocycles. The predicted molar refractivity (Wildman–Crippen MR) is 119 cm³/mol. The molecule has 1 aliphatic rings. The van der Waals surface area contributed by atoms with E-state index in [0.29, 0.717) is 17.7 Å². The van der Waals surface area contributed by atoms with E-state index in [1.54, 1.807) is 6.07 Å². The number of nitriles is 1. The van der Waals surface area contributed by atoms with Gasteiger partial charge in [-0.1, -0.05) is 6.07 Å². The number of fused-ring (bicyclic) bond motifs is 1. The van der Waals surface area contributed by atoms with Gasteiger partial charge in [0.25, 0.3) is 5.91 Å². The van der Waals surface area contributed by atoms with Gasteiger partial charge >= 0.3 is 0 Å². The first-order valence-corrected chi connectivity index (χ1v) is 11.6. The summed E-state index contributed by atoms with van der Waals surface area (Å²) in [4.78, 5) is 16.5. The molecule has 3 rings (SSSR count). The van der Waals surface area contributed by atoms with Crippen molar-refractivity contribution in [3.63, 3.8) is 0 Å². The van der Waals surface area contributed by atoms with E-state index in [-0.39, 0.29) is 23.2 Å². The minimum atomic E-state index is -3.66. The van der Waals surface area contributed by atoms with Crippen LogP contribution in [0.5, 0.6) is 0 Å². The topological polar surface area (TPSA) is 150 Å². The van der Waals surface area contributed by atoms with Gasteiger partial charge in [0.2, 0.25) is 0 Å². The lowest BCUT2D eigenvalue weighted by molar-refractivity contribution is 0.102. The van der Waals surface area contributed by atoms with Crippen LogP contribution in [0.25, 0.3) is 0 Å². The number of amides is 1. The van der Waals surface area contributed by atoms with Crippen LogP contribution in [0.1, 0.15) is 59.8 Å². The number of nitrogens with zero attached hydrogens (tertiary/aromatic N) is 2. The Morgan fingerprint density at radius 2 is 2.10 bits per heavy atom. The Kier molecular flexibility index (Phi) is 6.13. The summed E-state index contributed by atoms with van der Waals surface area (Å²) in [5.74, 6) is -1.14. The molecule has 1 aromatic carbocycles. The van der Waals surface area contributed by atoms with E-state index < -0.39 is 20.5 Å². The van der Waals surface area contributed by atoms with Gasteiger partial charge in [0.1, 0.15) is 22.3 Å². The molecule has 0 saturated carbocycles. The molecular weight excluding hydrogens is 414 g/mol. The third kappa shape index (κ3) is 4.59. The molecule has 162 valence electrons. The third-order valence-electron chi connectivity index (χ3n) is 5.81. The lowest BCUT2D eigenvalue weighted by Gasteiger charge is -2.30. The van der Waals surface area contributed by atoms with Crippen molar-refractivity contribution >= 4 is 27.3 Å². The molecule has 8 nitrogen and oxygen atoms in total. The SMILES string of the molecule is CC(C)(C(=N)N)S(=O)(=O)CC1CCCc2ccc(NC(=O)c3ccc(C#N)cn3)cc21.